The summed E-state index contributed by atoms with van der Waals surface area (Å²) in [6, 6.07) is 10.6. The van der Waals surface area contributed by atoms with E-state index in [4.69, 9.17) is 4.74 Å². The van der Waals surface area contributed by atoms with E-state index in [9.17, 15) is 0 Å². The van der Waals surface area contributed by atoms with E-state index in [0.29, 0.717) is 12.5 Å². The van der Waals surface area contributed by atoms with Gasteiger partial charge in [-0.15, -0.1) is 6.58 Å². The van der Waals surface area contributed by atoms with Crippen LogP contribution in [0.25, 0.3) is 0 Å². The van der Waals surface area contributed by atoms with Crippen LogP contribution in [0.2, 0.25) is 0 Å². The van der Waals surface area contributed by atoms with Gasteiger partial charge in [-0.05, 0) is 18.9 Å². The predicted molar refractivity (Wildman–Crippen MR) is 58.4 cm³/mol. The first kappa shape index (κ1) is 9.47. The molecule has 1 nitrogen and oxygen atoms in total. The summed E-state index contributed by atoms with van der Waals surface area (Å²) < 4.78 is 5.74. The summed E-state index contributed by atoms with van der Waals surface area (Å²) in [4.78, 5) is 0. The van der Waals surface area contributed by atoms with Crippen LogP contribution >= 0.6 is 0 Å². The average Bonchev–Trinajstić information content (AvgIpc) is 2.90. The van der Waals surface area contributed by atoms with Crippen LogP contribution in [-0.4, -0.2) is 12.2 Å². The molecular weight excluding hydrogens is 172 g/mol. The molecule has 1 heteroatoms. The molecular formula is C13H16O. The van der Waals surface area contributed by atoms with Gasteiger partial charge in [0.2, 0.25) is 0 Å². The van der Waals surface area contributed by atoms with Crippen LogP contribution in [0.4, 0.5) is 0 Å². The van der Waals surface area contributed by atoms with E-state index < -0.39 is 0 Å². The van der Waals surface area contributed by atoms with Crippen LogP contribution in [0.15, 0.2) is 43.0 Å². The summed E-state index contributed by atoms with van der Waals surface area (Å²) in [5, 5.41) is 0. The lowest BCUT2D eigenvalue weighted by Crippen LogP contribution is -2.11. The zero-order valence-electron chi connectivity index (χ0n) is 8.57. The molecule has 1 aliphatic carbocycles. The van der Waals surface area contributed by atoms with E-state index in [2.05, 4.69) is 37.8 Å². The Hall–Kier alpha value is -1.08. The molecule has 0 heterocycles. The molecule has 1 aromatic rings. The molecule has 2 atom stereocenters. The van der Waals surface area contributed by atoms with Gasteiger partial charge >= 0.3 is 0 Å². The van der Waals surface area contributed by atoms with Crippen LogP contribution in [0.5, 0.6) is 0 Å². The molecule has 1 saturated carbocycles. The van der Waals surface area contributed by atoms with Gasteiger partial charge in [-0.25, -0.2) is 0 Å². The average molecular weight is 188 g/mol. The van der Waals surface area contributed by atoms with Crippen LogP contribution in [0.1, 0.15) is 24.8 Å². The van der Waals surface area contributed by atoms with Crippen molar-refractivity contribution in [2.45, 2.75) is 24.9 Å². The van der Waals surface area contributed by atoms with Crippen molar-refractivity contribution in [2.75, 3.05) is 6.61 Å². The van der Waals surface area contributed by atoms with Crippen molar-refractivity contribution >= 4 is 0 Å². The number of rotatable bonds is 4. The van der Waals surface area contributed by atoms with E-state index in [1.807, 2.05) is 12.1 Å². The van der Waals surface area contributed by atoms with E-state index >= 15 is 0 Å². The summed E-state index contributed by atoms with van der Waals surface area (Å²) in [6.45, 7) is 6.49. The van der Waals surface area contributed by atoms with Crippen LogP contribution < -0.4 is 0 Å². The molecule has 0 radical (unpaired) electrons. The molecule has 1 fully saturated rings. The van der Waals surface area contributed by atoms with Crippen LogP contribution in [-0.2, 0) is 4.74 Å². The minimum absolute atomic E-state index is 0.0511. The molecule has 74 valence electrons. The van der Waals surface area contributed by atoms with E-state index in [1.165, 1.54) is 5.56 Å². The first-order valence-corrected chi connectivity index (χ1v) is 5.06. The zero-order chi connectivity index (χ0) is 10.0. The topological polar surface area (TPSA) is 9.23 Å². The molecule has 0 aromatic heterocycles. The number of benzene rings is 1. The summed E-state index contributed by atoms with van der Waals surface area (Å²) in [5.74, 6) is 0.573. The van der Waals surface area contributed by atoms with Gasteiger partial charge < -0.3 is 4.74 Å². The molecule has 0 aliphatic heterocycles. The highest BCUT2D eigenvalue weighted by Gasteiger charge is 2.51. The third-order valence-electron chi connectivity index (χ3n) is 2.92. The van der Waals surface area contributed by atoms with Gasteiger partial charge in [-0.3, -0.25) is 0 Å². The van der Waals surface area contributed by atoms with Gasteiger partial charge in [0, 0.05) is 5.92 Å². The molecule has 2 rings (SSSR count). The minimum Gasteiger partial charge on any atom is -0.371 e. The third kappa shape index (κ3) is 1.73. The Bertz CT molecular complexity index is 317. The van der Waals surface area contributed by atoms with Crippen molar-refractivity contribution in [1.82, 2.24) is 0 Å². The van der Waals surface area contributed by atoms with Gasteiger partial charge in [0.25, 0.3) is 0 Å². The first-order valence-electron chi connectivity index (χ1n) is 5.06. The third-order valence-corrected chi connectivity index (χ3v) is 2.92. The molecule has 0 amide bonds. The summed E-state index contributed by atoms with van der Waals surface area (Å²) in [6.07, 6.45) is 2.94. The number of hydrogen-bond acceptors (Lipinski definition) is 1. The standard InChI is InChI=1S/C13H16O/c1-3-9-14-13(2)10-12(13)11-7-5-4-6-8-11/h3-8,12H,1,9-10H2,2H3/t12-,13-/m0/s1. The van der Waals surface area contributed by atoms with Crippen molar-refractivity contribution < 1.29 is 4.74 Å². The zero-order valence-corrected chi connectivity index (χ0v) is 8.57. The molecule has 0 spiro atoms. The Balaban J connectivity index is 2.01. The number of hydrogen-bond donors (Lipinski definition) is 0. The lowest BCUT2D eigenvalue weighted by atomic mass is 10.1. The van der Waals surface area contributed by atoms with Crippen LogP contribution in [0, 0.1) is 0 Å². The second-order valence-electron chi connectivity index (χ2n) is 4.08. The fraction of sp³-hybridized carbons (Fsp3) is 0.385. The summed E-state index contributed by atoms with van der Waals surface area (Å²) in [7, 11) is 0. The molecule has 0 saturated heterocycles. The Morgan fingerprint density at radius 2 is 2.21 bits per heavy atom. The fourth-order valence-electron chi connectivity index (χ4n) is 1.91. The molecule has 14 heavy (non-hydrogen) atoms. The lowest BCUT2D eigenvalue weighted by molar-refractivity contribution is 0.0627. The van der Waals surface area contributed by atoms with Gasteiger partial charge in [0.05, 0.1) is 12.2 Å². The van der Waals surface area contributed by atoms with Crippen LogP contribution in [0.3, 0.4) is 0 Å². The van der Waals surface area contributed by atoms with Crippen molar-refractivity contribution in [3.8, 4) is 0 Å². The van der Waals surface area contributed by atoms with Crippen molar-refractivity contribution in [1.29, 1.82) is 0 Å². The Morgan fingerprint density at radius 1 is 1.50 bits per heavy atom. The second kappa shape index (κ2) is 3.58. The summed E-state index contributed by atoms with van der Waals surface area (Å²) >= 11 is 0. The van der Waals surface area contributed by atoms with Gasteiger partial charge in [0.1, 0.15) is 0 Å². The van der Waals surface area contributed by atoms with Gasteiger partial charge in [-0.2, -0.15) is 0 Å². The Kier molecular flexibility index (Phi) is 2.42. The summed E-state index contributed by atoms with van der Waals surface area (Å²) in [5.41, 5.74) is 1.44. The minimum atomic E-state index is 0.0511. The molecule has 0 bridgehead atoms. The van der Waals surface area contributed by atoms with E-state index in [-0.39, 0.29) is 5.60 Å². The van der Waals surface area contributed by atoms with Crippen molar-refractivity contribution in [2.24, 2.45) is 0 Å². The maximum Gasteiger partial charge on any atom is 0.0734 e. The molecule has 0 unspecified atom stereocenters. The monoisotopic (exact) mass is 188 g/mol. The first-order chi connectivity index (χ1) is 6.76. The Morgan fingerprint density at radius 3 is 2.86 bits per heavy atom. The van der Waals surface area contributed by atoms with Gasteiger partial charge in [0.15, 0.2) is 0 Å². The molecule has 0 N–H and O–H groups in total. The maximum absolute atomic E-state index is 5.74. The highest BCUT2D eigenvalue weighted by Crippen LogP contribution is 2.53. The SMILES string of the molecule is C=CCO[C@@]1(C)C[C@H]1c1ccccc1. The van der Waals surface area contributed by atoms with Crippen molar-refractivity contribution in [3.05, 3.63) is 48.6 Å². The molecule has 1 aromatic carbocycles. The van der Waals surface area contributed by atoms with Crippen molar-refractivity contribution in [3.63, 3.8) is 0 Å². The Labute approximate surface area is 85.4 Å². The quantitative estimate of drug-likeness (QED) is 0.659. The highest BCUT2D eigenvalue weighted by molar-refractivity contribution is 5.30. The fourth-order valence-corrected chi connectivity index (χ4v) is 1.91. The van der Waals surface area contributed by atoms with Gasteiger partial charge in [-0.1, -0.05) is 36.4 Å². The smallest absolute Gasteiger partial charge is 0.0734 e. The lowest BCUT2D eigenvalue weighted by Gasteiger charge is -2.11. The largest absolute Gasteiger partial charge is 0.371 e. The van der Waals surface area contributed by atoms with E-state index in [1.54, 1.807) is 0 Å². The normalized spacial score (nSPS) is 29.9. The highest BCUT2D eigenvalue weighted by atomic mass is 16.5. The second-order valence-corrected chi connectivity index (χ2v) is 4.08. The van der Waals surface area contributed by atoms with E-state index in [0.717, 1.165) is 6.42 Å². The maximum atomic E-state index is 5.74. The molecule has 1 aliphatic rings. The predicted octanol–water partition coefficient (Wildman–Crippen LogP) is 3.14. The number of ether oxygens (including phenoxy) is 1.